The van der Waals surface area contributed by atoms with Gasteiger partial charge in [-0.25, -0.2) is 14.5 Å². The third-order valence-electron chi connectivity index (χ3n) is 1.60. The van der Waals surface area contributed by atoms with Gasteiger partial charge in [0.25, 0.3) is 0 Å². The molecule has 9 nitrogen and oxygen atoms in total. The Labute approximate surface area is 93.1 Å². The number of aromatic nitrogens is 4. The Morgan fingerprint density at radius 2 is 2.31 bits per heavy atom. The third-order valence-corrected chi connectivity index (χ3v) is 2.28. The minimum absolute atomic E-state index is 0.00596. The van der Waals surface area contributed by atoms with Crippen LogP contribution in [0.5, 0.6) is 0 Å². The second-order valence-corrected chi connectivity index (χ2v) is 4.30. The Morgan fingerprint density at radius 1 is 1.62 bits per heavy atom. The molecular formula is C5H6N5O4PS. The van der Waals surface area contributed by atoms with E-state index in [2.05, 4.69) is 19.6 Å². The van der Waals surface area contributed by atoms with Gasteiger partial charge in [0.1, 0.15) is 11.8 Å². The summed E-state index contributed by atoms with van der Waals surface area (Å²) in [6.45, 7) is 0. The van der Waals surface area contributed by atoms with E-state index in [1.165, 1.54) is 0 Å². The van der Waals surface area contributed by atoms with Gasteiger partial charge in [0.2, 0.25) is 5.95 Å². The summed E-state index contributed by atoms with van der Waals surface area (Å²) in [5.74, 6) is -0.00596. The highest BCUT2D eigenvalue weighted by Crippen LogP contribution is 2.32. The van der Waals surface area contributed by atoms with E-state index in [0.29, 0.717) is 0 Å². The van der Waals surface area contributed by atoms with Crippen molar-refractivity contribution in [3.63, 3.8) is 0 Å². The van der Waals surface area contributed by atoms with Gasteiger partial charge in [-0.2, -0.15) is 0 Å². The first kappa shape index (κ1) is 11.0. The number of nitrogen functional groups attached to an aromatic ring is 1. The molecule has 86 valence electrons. The van der Waals surface area contributed by atoms with E-state index < -0.39 is 7.82 Å². The van der Waals surface area contributed by atoms with Gasteiger partial charge in [-0.3, -0.25) is 9.79 Å². The third kappa shape index (κ3) is 2.04. The number of phosphoric acid groups is 1. The van der Waals surface area contributed by atoms with Crippen molar-refractivity contribution in [2.24, 2.45) is 0 Å². The van der Waals surface area contributed by atoms with Crippen molar-refractivity contribution < 1.29 is 19.0 Å². The van der Waals surface area contributed by atoms with Gasteiger partial charge in [0, 0.05) is 0 Å². The largest absolute Gasteiger partial charge is 0.543 e. The van der Waals surface area contributed by atoms with Crippen molar-refractivity contribution in [1.29, 1.82) is 0 Å². The SMILES string of the molecule is Nc1nc(=S)c2ncn(OP(=O)(O)O)c2[nH]1. The molecule has 0 amide bonds. The molecule has 11 heteroatoms. The van der Waals surface area contributed by atoms with Gasteiger partial charge < -0.3 is 15.3 Å². The van der Waals surface area contributed by atoms with Crippen LogP contribution in [0.1, 0.15) is 0 Å². The molecule has 2 aromatic rings. The predicted molar refractivity (Wildman–Crippen MR) is 55.7 cm³/mol. The average molecular weight is 263 g/mol. The maximum atomic E-state index is 10.6. The van der Waals surface area contributed by atoms with Crippen molar-refractivity contribution in [2.45, 2.75) is 0 Å². The first-order valence-electron chi connectivity index (χ1n) is 3.85. The van der Waals surface area contributed by atoms with E-state index in [9.17, 15) is 4.57 Å². The molecule has 0 aliphatic heterocycles. The van der Waals surface area contributed by atoms with Gasteiger partial charge in [-0.05, 0) is 0 Å². The Balaban J connectivity index is 2.65. The van der Waals surface area contributed by atoms with Crippen LogP contribution in [0.3, 0.4) is 0 Å². The van der Waals surface area contributed by atoms with E-state index in [1.54, 1.807) is 0 Å². The molecular weight excluding hydrogens is 257 g/mol. The monoisotopic (exact) mass is 263 g/mol. The van der Waals surface area contributed by atoms with Crippen LogP contribution in [0.4, 0.5) is 5.95 Å². The standard InChI is InChI=1S/C5H6N5O4PS/c6-5-8-3-2(4(16)9-5)7-1-10(3)14-15(11,12)13/h1H,(H2,11,12,13)(H3,6,8,9,16). The second kappa shape index (κ2) is 3.52. The number of aromatic amines is 1. The lowest BCUT2D eigenvalue weighted by atomic mass is 10.6. The van der Waals surface area contributed by atoms with Gasteiger partial charge in [0.15, 0.2) is 10.3 Å². The molecule has 0 aliphatic rings. The average Bonchev–Trinajstić information content (AvgIpc) is 2.46. The summed E-state index contributed by atoms with van der Waals surface area (Å²) in [5, 5.41) is 0. The lowest BCUT2D eigenvalue weighted by Gasteiger charge is -2.06. The quantitative estimate of drug-likeness (QED) is 0.423. The summed E-state index contributed by atoms with van der Waals surface area (Å²) in [4.78, 5) is 27.3. The number of nitrogens with one attached hydrogen (secondary N) is 1. The van der Waals surface area contributed by atoms with Crippen molar-refractivity contribution >= 4 is 37.2 Å². The summed E-state index contributed by atoms with van der Waals surface area (Å²) < 4.78 is 15.8. The number of anilines is 1. The fourth-order valence-corrected chi connectivity index (χ4v) is 1.69. The summed E-state index contributed by atoms with van der Waals surface area (Å²) in [6, 6.07) is 0. The van der Waals surface area contributed by atoms with E-state index >= 15 is 0 Å². The van der Waals surface area contributed by atoms with E-state index in [0.717, 1.165) is 11.1 Å². The highest BCUT2D eigenvalue weighted by molar-refractivity contribution is 7.71. The van der Waals surface area contributed by atoms with Gasteiger partial charge >= 0.3 is 7.82 Å². The fraction of sp³-hybridized carbons (Fsp3) is 0. The summed E-state index contributed by atoms with van der Waals surface area (Å²) in [5.41, 5.74) is 5.75. The molecule has 0 atom stereocenters. The van der Waals surface area contributed by atoms with Gasteiger partial charge in [-0.15, -0.1) is 4.73 Å². The lowest BCUT2D eigenvalue weighted by Crippen LogP contribution is -2.08. The summed E-state index contributed by atoms with van der Waals surface area (Å²) >= 11 is 4.86. The molecule has 0 spiro atoms. The number of nitrogens with zero attached hydrogens (tertiary/aromatic N) is 3. The normalized spacial score (nSPS) is 11.9. The van der Waals surface area contributed by atoms with Crippen molar-refractivity contribution in [1.82, 2.24) is 19.7 Å². The smallest absolute Gasteiger partial charge is 0.369 e. The number of fused-ring (bicyclic) bond motifs is 1. The number of H-pyrrole nitrogens is 1. The van der Waals surface area contributed by atoms with Crippen molar-refractivity contribution in [2.75, 3.05) is 5.73 Å². The molecule has 2 aromatic heterocycles. The Bertz CT molecular complexity index is 644. The van der Waals surface area contributed by atoms with Crippen molar-refractivity contribution in [3.05, 3.63) is 11.0 Å². The Hall–Kier alpha value is -1.48. The number of imidazole rings is 1. The number of rotatable bonds is 2. The zero-order valence-electron chi connectivity index (χ0n) is 7.56. The van der Waals surface area contributed by atoms with E-state index in [1.807, 2.05) is 0 Å². The number of nitrogens with two attached hydrogens (primary N) is 1. The minimum atomic E-state index is -4.68. The van der Waals surface area contributed by atoms with Crippen LogP contribution in [-0.4, -0.2) is 29.5 Å². The second-order valence-electron chi connectivity index (χ2n) is 2.77. The summed E-state index contributed by atoms with van der Waals surface area (Å²) in [7, 11) is -4.68. The van der Waals surface area contributed by atoms with Crippen LogP contribution < -0.4 is 10.4 Å². The maximum absolute atomic E-state index is 10.6. The zero-order valence-corrected chi connectivity index (χ0v) is 9.27. The van der Waals surface area contributed by atoms with E-state index in [4.69, 9.17) is 27.7 Å². The molecule has 5 N–H and O–H groups in total. The topological polar surface area (TPSA) is 139 Å². The summed E-state index contributed by atoms with van der Waals surface area (Å²) in [6.07, 6.45) is 1.05. The Morgan fingerprint density at radius 3 is 2.94 bits per heavy atom. The maximum Gasteiger partial charge on any atom is 0.543 e. The van der Waals surface area contributed by atoms with Crippen LogP contribution >= 0.6 is 20.0 Å². The molecule has 0 unspecified atom stereocenters. The highest BCUT2D eigenvalue weighted by Gasteiger charge is 2.19. The molecule has 0 saturated heterocycles. The van der Waals surface area contributed by atoms with E-state index in [-0.39, 0.29) is 21.8 Å². The van der Waals surface area contributed by atoms with Crippen LogP contribution in [0.15, 0.2) is 6.33 Å². The van der Waals surface area contributed by atoms with Crippen LogP contribution in [0.25, 0.3) is 11.2 Å². The van der Waals surface area contributed by atoms with Gasteiger partial charge in [-0.1, -0.05) is 12.2 Å². The predicted octanol–water partition coefficient (Wildman–Crippen LogP) is -0.408. The first-order chi connectivity index (χ1) is 7.37. The molecule has 0 fully saturated rings. The highest BCUT2D eigenvalue weighted by atomic mass is 32.1. The molecule has 0 aliphatic carbocycles. The molecule has 0 saturated carbocycles. The molecule has 2 rings (SSSR count). The van der Waals surface area contributed by atoms with Crippen LogP contribution in [0, 0.1) is 4.64 Å². The Kier molecular flexibility index (Phi) is 2.43. The molecule has 0 bridgehead atoms. The zero-order chi connectivity index (χ0) is 11.9. The number of hydrogen-bond acceptors (Lipinski definition) is 6. The number of hydrogen-bond donors (Lipinski definition) is 4. The van der Waals surface area contributed by atoms with Crippen LogP contribution in [-0.2, 0) is 4.57 Å². The van der Waals surface area contributed by atoms with Crippen LogP contribution in [0.2, 0.25) is 0 Å². The van der Waals surface area contributed by atoms with Crippen molar-refractivity contribution in [3.8, 4) is 0 Å². The first-order valence-corrected chi connectivity index (χ1v) is 5.79. The molecule has 0 radical (unpaired) electrons. The fourth-order valence-electron chi connectivity index (χ4n) is 1.09. The van der Waals surface area contributed by atoms with Gasteiger partial charge in [0.05, 0.1) is 0 Å². The molecule has 0 aromatic carbocycles. The minimum Gasteiger partial charge on any atom is -0.369 e. The molecule has 16 heavy (non-hydrogen) atoms. The lowest BCUT2D eigenvalue weighted by molar-refractivity contribution is 0.183. The molecule has 2 heterocycles.